The Balaban J connectivity index is 2.31. The van der Waals surface area contributed by atoms with E-state index in [9.17, 15) is 4.79 Å². The maximum absolute atomic E-state index is 10.6. The van der Waals surface area contributed by atoms with Crippen LogP contribution in [0.15, 0.2) is 22.6 Å². The summed E-state index contributed by atoms with van der Waals surface area (Å²) >= 11 is 0. The van der Waals surface area contributed by atoms with Gasteiger partial charge in [0.05, 0.1) is 6.42 Å². The lowest BCUT2D eigenvalue weighted by Crippen LogP contribution is -2.26. The second kappa shape index (κ2) is 4.33. The standard InChI is InChI=1S/C13H16N2O3/c1-13(2,3)15-12-14-9-6-8(7-11(16)17)4-5-10(9)18-12/h4-6H,7H2,1-3H3,(H,14,15)(H,16,17). The Morgan fingerprint density at radius 3 is 2.78 bits per heavy atom. The number of carbonyl (C=O) groups is 1. The molecule has 1 heterocycles. The molecule has 2 aromatic rings. The van der Waals surface area contributed by atoms with E-state index in [0.717, 1.165) is 0 Å². The lowest BCUT2D eigenvalue weighted by molar-refractivity contribution is -0.136. The van der Waals surface area contributed by atoms with Crippen LogP contribution in [0.1, 0.15) is 26.3 Å². The van der Waals surface area contributed by atoms with Crippen LogP contribution in [-0.4, -0.2) is 21.6 Å². The van der Waals surface area contributed by atoms with Gasteiger partial charge in [-0.3, -0.25) is 4.79 Å². The van der Waals surface area contributed by atoms with Crippen LogP contribution in [0.3, 0.4) is 0 Å². The van der Waals surface area contributed by atoms with Crippen molar-refractivity contribution >= 4 is 23.1 Å². The van der Waals surface area contributed by atoms with E-state index in [-0.39, 0.29) is 12.0 Å². The Morgan fingerprint density at radius 1 is 1.44 bits per heavy atom. The van der Waals surface area contributed by atoms with E-state index in [2.05, 4.69) is 10.3 Å². The number of hydrogen-bond acceptors (Lipinski definition) is 4. The summed E-state index contributed by atoms with van der Waals surface area (Å²) < 4.78 is 5.53. The van der Waals surface area contributed by atoms with Gasteiger partial charge in [0.15, 0.2) is 5.58 Å². The molecule has 5 heteroatoms. The zero-order chi connectivity index (χ0) is 13.3. The predicted molar refractivity (Wildman–Crippen MR) is 68.7 cm³/mol. The van der Waals surface area contributed by atoms with Gasteiger partial charge in [0.2, 0.25) is 0 Å². The molecule has 0 aliphatic rings. The van der Waals surface area contributed by atoms with Crippen molar-refractivity contribution in [1.29, 1.82) is 0 Å². The predicted octanol–water partition coefficient (Wildman–Crippen LogP) is 2.67. The Kier molecular flexibility index (Phi) is 2.98. The second-order valence-corrected chi connectivity index (χ2v) is 5.27. The lowest BCUT2D eigenvalue weighted by Gasteiger charge is -2.18. The molecule has 0 unspecified atom stereocenters. The quantitative estimate of drug-likeness (QED) is 0.873. The molecule has 0 radical (unpaired) electrons. The van der Waals surface area contributed by atoms with E-state index >= 15 is 0 Å². The largest absolute Gasteiger partial charge is 0.481 e. The summed E-state index contributed by atoms with van der Waals surface area (Å²) in [4.78, 5) is 14.9. The maximum atomic E-state index is 10.6. The van der Waals surface area contributed by atoms with Gasteiger partial charge in [-0.25, -0.2) is 0 Å². The Bertz CT molecular complexity index is 581. The van der Waals surface area contributed by atoms with Crippen molar-refractivity contribution in [3.63, 3.8) is 0 Å². The van der Waals surface area contributed by atoms with E-state index in [4.69, 9.17) is 9.52 Å². The summed E-state index contributed by atoms with van der Waals surface area (Å²) in [6, 6.07) is 5.67. The van der Waals surface area contributed by atoms with Gasteiger partial charge < -0.3 is 14.8 Å². The molecular weight excluding hydrogens is 232 g/mol. The molecule has 0 saturated heterocycles. The van der Waals surface area contributed by atoms with Crippen LogP contribution in [0.5, 0.6) is 0 Å². The van der Waals surface area contributed by atoms with E-state index in [1.807, 2.05) is 20.8 Å². The first-order valence-electron chi connectivity index (χ1n) is 5.73. The normalized spacial score (nSPS) is 11.7. The molecule has 18 heavy (non-hydrogen) atoms. The molecule has 0 aliphatic carbocycles. The van der Waals surface area contributed by atoms with Crippen molar-refractivity contribution in [2.75, 3.05) is 5.32 Å². The van der Waals surface area contributed by atoms with Gasteiger partial charge in [-0.05, 0) is 38.5 Å². The number of nitrogens with one attached hydrogen (secondary N) is 1. The van der Waals surface area contributed by atoms with E-state index < -0.39 is 5.97 Å². The molecule has 0 amide bonds. The van der Waals surface area contributed by atoms with Gasteiger partial charge in [0.1, 0.15) is 5.52 Å². The minimum atomic E-state index is -0.856. The molecule has 1 aromatic carbocycles. The van der Waals surface area contributed by atoms with Crippen molar-refractivity contribution in [2.24, 2.45) is 0 Å². The van der Waals surface area contributed by atoms with Gasteiger partial charge >= 0.3 is 5.97 Å². The molecule has 0 bridgehead atoms. The summed E-state index contributed by atoms with van der Waals surface area (Å²) in [6.45, 7) is 6.03. The fraction of sp³-hybridized carbons (Fsp3) is 0.385. The highest BCUT2D eigenvalue weighted by Crippen LogP contribution is 2.22. The van der Waals surface area contributed by atoms with E-state index in [1.54, 1.807) is 18.2 Å². The summed E-state index contributed by atoms with van der Waals surface area (Å²) in [5.74, 6) is -0.856. The Hall–Kier alpha value is -2.04. The summed E-state index contributed by atoms with van der Waals surface area (Å²) in [7, 11) is 0. The van der Waals surface area contributed by atoms with Crippen LogP contribution in [0.4, 0.5) is 6.01 Å². The third-order valence-electron chi connectivity index (χ3n) is 2.29. The minimum Gasteiger partial charge on any atom is -0.481 e. The van der Waals surface area contributed by atoms with E-state index in [1.165, 1.54) is 0 Å². The van der Waals surface area contributed by atoms with Crippen molar-refractivity contribution in [3.8, 4) is 0 Å². The monoisotopic (exact) mass is 248 g/mol. The average Bonchev–Trinajstić information content (AvgIpc) is 2.54. The molecule has 0 spiro atoms. The highest BCUT2D eigenvalue weighted by molar-refractivity contribution is 5.78. The molecule has 96 valence electrons. The van der Waals surface area contributed by atoms with Crippen LogP contribution in [0, 0.1) is 0 Å². The van der Waals surface area contributed by atoms with E-state index in [0.29, 0.717) is 22.7 Å². The molecule has 0 aliphatic heterocycles. The SMILES string of the molecule is CC(C)(C)Nc1nc2cc(CC(=O)O)ccc2o1. The average molecular weight is 248 g/mol. The van der Waals surface area contributed by atoms with Gasteiger partial charge in [-0.2, -0.15) is 4.98 Å². The van der Waals surface area contributed by atoms with Crippen LogP contribution >= 0.6 is 0 Å². The van der Waals surface area contributed by atoms with Gasteiger partial charge in [0, 0.05) is 5.54 Å². The molecule has 2 N–H and O–H groups in total. The summed E-state index contributed by atoms with van der Waals surface area (Å²) in [6.07, 6.45) is -0.00909. The number of fused-ring (bicyclic) bond motifs is 1. The zero-order valence-electron chi connectivity index (χ0n) is 10.7. The number of aliphatic carboxylic acids is 1. The number of hydrogen-bond donors (Lipinski definition) is 2. The third kappa shape index (κ3) is 3.00. The maximum Gasteiger partial charge on any atom is 0.307 e. The first-order chi connectivity index (χ1) is 8.33. The third-order valence-corrected chi connectivity index (χ3v) is 2.29. The van der Waals surface area contributed by atoms with Gasteiger partial charge in [-0.15, -0.1) is 0 Å². The molecule has 0 saturated carbocycles. The van der Waals surface area contributed by atoms with Gasteiger partial charge in [-0.1, -0.05) is 6.07 Å². The fourth-order valence-electron chi connectivity index (χ4n) is 1.63. The van der Waals surface area contributed by atoms with Crippen molar-refractivity contribution in [2.45, 2.75) is 32.7 Å². The van der Waals surface area contributed by atoms with Gasteiger partial charge in [0.25, 0.3) is 6.01 Å². The van der Waals surface area contributed by atoms with Crippen LogP contribution in [0.2, 0.25) is 0 Å². The Labute approximate surface area is 105 Å². The number of oxazole rings is 1. The number of rotatable bonds is 3. The van der Waals surface area contributed by atoms with Crippen LogP contribution in [-0.2, 0) is 11.2 Å². The van der Waals surface area contributed by atoms with Crippen LogP contribution in [0.25, 0.3) is 11.1 Å². The van der Waals surface area contributed by atoms with Crippen molar-refractivity contribution in [3.05, 3.63) is 23.8 Å². The topological polar surface area (TPSA) is 75.4 Å². The first kappa shape index (κ1) is 12.4. The number of benzene rings is 1. The summed E-state index contributed by atoms with van der Waals surface area (Å²) in [5, 5.41) is 11.9. The number of carboxylic acids is 1. The molecule has 5 nitrogen and oxygen atoms in total. The summed E-state index contributed by atoms with van der Waals surface area (Å²) in [5.41, 5.74) is 1.90. The van der Waals surface area contributed by atoms with Crippen molar-refractivity contribution in [1.82, 2.24) is 4.98 Å². The zero-order valence-corrected chi connectivity index (χ0v) is 10.7. The highest BCUT2D eigenvalue weighted by atomic mass is 16.4. The fourth-order valence-corrected chi connectivity index (χ4v) is 1.63. The first-order valence-corrected chi connectivity index (χ1v) is 5.73. The highest BCUT2D eigenvalue weighted by Gasteiger charge is 2.14. The molecule has 1 aromatic heterocycles. The molecule has 0 atom stereocenters. The number of nitrogens with zero attached hydrogens (tertiary/aromatic N) is 1. The second-order valence-electron chi connectivity index (χ2n) is 5.27. The number of carboxylic acid groups (broad SMARTS) is 1. The number of anilines is 1. The van der Waals surface area contributed by atoms with Crippen molar-refractivity contribution < 1.29 is 14.3 Å². The lowest BCUT2D eigenvalue weighted by atomic mass is 10.1. The molecule has 0 fully saturated rings. The Morgan fingerprint density at radius 2 is 2.17 bits per heavy atom. The molecule has 2 rings (SSSR count). The smallest absolute Gasteiger partial charge is 0.307 e. The molecular formula is C13H16N2O3. The minimum absolute atomic E-state index is 0.00909. The van der Waals surface area contributed by atoms with Crippen LogP contribution < -0.4 is 5.32 Å². The number of aromatic nitrogens is 1.